The highest BCUT2D eigenvalue weighted by Gasteiger charge is 2.24. The molecule has 0 radical (unpaired) electrons. The summed E-state index contributed by atoms with van der Waals surface area (Å²) in [7, 11) is -3.87. The lowest BCUT2D eigenvalue weighted by atomic mass is 10.1. The van der Waals surface area contributed by atoms with Crippen molar-refractivity contribution in [3.8, 4) is 11.8 Å². The SMILES string of the molecule is CCCC#Cc1ccnc2c1c(C(C)=O)cn2S(=O)(=O)c1ccccc1. The molecular formula is C20H18N2O3S. The zero-order valence-electron chi connectivity index (χ0n) is 14.6. The molecule has 0 fully saturated rings. The number of carbonyl (C=O) groups excluding carboxylic acids is 1. The van der Waals surface area contributed by atoms with Crippen LogP contribution in [0.5, 0.6) is 0 Å². The van der Waals surface area contributed by atoms with Crippen LogP contribution in [-0.4, -0.2) is 23.2 Å². The summed E-state index contributed by atoms with van der Waals surface area (Å²) in [6.45, 7) is 3.44. The van der Waals surface area contributed by atoms with E-state index in [1.54, 1.807) is 24.3 Å². The molecular weight excluding hydrogens is 348 g/mol. The van der Waals surface area contributed by atoms with E-state index < -0.39 is 10.0 Å². The van der Waals surface area contributed by atoms with E-state index in [0.717, 1.165) is 16.8 Å². The number of ketones is 1. The molecule has 0 saturated heterocycles. The number of aromatic nitrogens is 2. The molecule has 0 aliphatic rings. The molecule has 0 bridgehead atoms. The van der Waals surface area contributed by atoms with Crippen LogP contribution in [0.4, 0.5) is 0 Å². The number of fused-ring (bicyclic) bond motifs is 1. The maximum absolute atomic E-state index is 13.0. The number of benzene rings is 1. The number of nitrogens with zero attached hydrogens (tertiary/aromatic N) is 2. The number of unbranched alkanes of at least 4 members (excludes halogenated alkanes) is 1. The number of carbonyl (C=O) groups is 1. The van der Waals surface area contributed by atoms with Gasteiger partial charge in [-0.1, -0.05) is 37.0 Å². The minimum Gasteiger partial charge on any atom is -0.294 e. The van der Waals surface area contributed by atoms with Gasteiger partial charge in [0.15, 0.2) is 11.4 Å². The van der Waals surface area contributed by atoms with Crippen LogP contribution in [0.2, 0.25) is 0 Å². The van der Waals surface area contributed by atoms with Crippen molar-refractivity contribution >= 4 is 26.8 Å². The second kappa shape index (κ2) is 7.14. The van der Waals surface area contributed by atoms with Gasteiger partial charge in [-0.3, -0.25) is 4.79 Å². The second-order valence-electron chi connectivity index (χ2n) is 5.82. The van der Waals surface area contributed by atoms with Crippen molar-refractivity contribution in [1.82, 2.24) is 8.96 Å². The van der Waals surface area contributed by atoms with Gasteiger partial charge in [0.1, 0.15) is 0 Å². The van der Waals surface area contributed by atoms with Crippen molar-refractivity contribution in [2.75, 3.05) is 0 Å². The van der Waals surface area contributed by atoms with Crippen LogP contribution < -0.4 is 0 Å². The van der Waals surface area contributed by atoms with Gasteiger partial charge in [-0.25, -0.2) is 17.4 Å². The molecule has 132 valence electrons. The lowest BCUT2D eigenvalue weighted by Crippen LogP contribution is -2.12. The minimum atomic E-state index is -3.87. The Kier molecular flexibility index (Phi) is 4.92. The zero-order valence-corrected chi connectivity index (χ0v) is 15.4. The third-order valence-electron chi connectivity index (χ3n) is 3.93. The first-order valence-electron chi connectivity index (χ1n) is 8.27. The molecule has 26 heavy (non-hydrogen) atoms. The quantitative estimate of drug-likeness (QED) is 0.522. The predicted octanol–water partition coefficient (Wildman–Crippen LogP) is 3.63. The summed E-state index contributed by atoms with van der Waals surface area (Å²) in [6.07, 6.45) is 4.50. The molecule has 0 atom stereocenters. The summed E-state index contributed by atoms with van der Waals surface area (Å²) < 4.78 is 27.1. The van der Waals surface area contributed by atoms with Crippen LogP contribution in [0.25, 0.3) is 11.0 Å². The van der Waals surface area contributed by atoms with Crippen LogP contribution in [0.3, 0.4) is 0 Å². The minimum absolute atomic E-state index is 0.135. The molecule has 0 amide bonds. The molecule has 6 heteroatoms. The fraction of sp³-hybridized carbons (Fsp3) is 0.200. The fourth-order valence-electron chi connectivity index (χ4n) is 2.67. The van der Waals surface area contributed by atoms with Crippen LogP contribution in [0.15, 0.2) is 53.7 Å². The monoisotopic (exact) mass is 366 g/mol. The van der Waals surface area contributed by atoms with E-state index in [2.05, 4.69) is 16.8 Å². The summed E-state index contributed by atoms with van der Waals surface area (Å²) in [5, 5.41) is 0.475. The summed E-state index contributed by atoms with van der Waals surface area (Å²) in [6, 6.07) is 9.78. The Morgan fingerprint density at radius 1 is 1.19 bits per heavy atom. The summed E-state index contributed by atoms with van der Waals surface area (Å²) in [5.74, 6) is 5.85. The van der Waals surface area contributed by atoms with E-state index in [-0.39, 0.29) is 16.3 Å². The Balaban J connectivity index is 2.31. The van der Waals surface area contributed by atoms with Crippen LogP contribution >= 0.6 is 0 Å². The Hall–Kier alpha value is -2.91. The first kappa shape index (κ1) is 17.9. The molecule has 0 aliphatic heterocycles. The third kappa shape index (κ3) is 3.14. The van der Waals surface area contributed by atoms with E-state index in [1.807, 2.05) is 6.92 Å². The average molecular weight is 366 g/mol. The summed E-state index contributed by atoms with van der Waals surface area (Å²) in [4.78, 5) is 16.5. The normalized spacial score (nSPS) is 11.2. The van der Waals surface area contributed by atoms with Gasteiger partial charge in [0, 0.05) is 35.3 Å². The van der Waals surface area contributed by atoms with Crippen molar-refractivity contribution in [1.29, 1.82) is 0 Å². The molecule has 1 aromatic carbocycles. The van der Waals surface area contributed by atoms with Gasteiger partial charge in [-0.2, -0.15) is 0 Å². The van der Waals surface area contributed by atoms with Crippen LogP contribution in [0, 0.1) is 11.8 Å². The Bertz CT molecular complexity index is 1130. The molecule has 0 aliphatic carbocycles. The van der Waals surface area contributed by atoms with E-state index in [1.165, 1.54) is 31.5 Å². The fourth-order valence-corrected chi connectivity index (χ4v) is 4.01. The molecule has 5 nitrogen and oxygen atoms in total. The number of hydrogen-bond acceptors (Lipinski definition) is 4. The highest BCUT2D eigenvalue weighted by molar-refractivity contribution is 7.90. The standard InChI is InChI=1S/C20H18N2O3S/c1-3-4-6-9-16-12-13-21-20-19(16)18(15(2)23)14-22(20)26(24,25)17-10-7-5-8-11-17/h5,7-8,10-14H,3-4H2,1-2H3. The van der Waals surface area contributed by atoms with E-state index >= 15 is 0 Å². The van der Waals surface area contributed by atoms with E-state index in [0.29, 0.717) is 16.5 Å². The first-order chi connectivity index (χ1) is 12.5. The summed E-state index contributed by atoms with van der Waals surface area (Å²) in [5.41, 5.74) is 1.12. The Labute approximate surface area is 152 Å². The zero-order chi connectivity index (χ0) is 18.7. The highest BCUT2D eigenvalue weighted by Crippen LogP contribution is 2.27. The molecule has 0 spiro atoms. The largest absolute Gasteiger partial charge is 0.294 e. The van der Waals surface area contributed by atoms with Crippen LogP contribution in [0.1, 0.15) is 42.6 Å². The van der Waals surface area contributed by atoms with Crippen LogP contribution in [-0.2, 0) is 10.0 Å². The number of pyridine rings is 1. The topological polar surface area (TPSA) is 69.0 Å². The maximum Gasteiger partial charge on any atom is 0.269 e. The second-order valence-corrected chi connectivity index (χ2v) is 7.64. The number of rotatable bonds is 4. The van der Waals surface area contributed by atoms with Gasteiger partial charge < -0.3 is 0 Å². The van der Waals surface area contributed by atoms with Gasteiger partial charge in [0.25, 0.3) is 10.0 Å². The number of hydrogen-bond donors (Lipinski definition) is 0. The molecule has 3 aromatic rings. The predicted molar refractivity (Wildman–Crippen MR) is 101 cm³/mol. The van der Waals surface area contributed by atoms with Gasteiger partial charge in [-0.15, -0.1) is 0 Å². The molecule has 0 saturated carbocycles. The van der Waals surface area contributed by atoms with Crippen molar-refractivity contribution in [2.24, 2.45) is 0 Å². The smallest absolute Gasteiger partial charge is 0.269 e. The van der Waals surface area contributed by atoms with Gasteiger partial charge in [0.2, 0.25) is 0 Å². The third-order valence-corrected chi connectivity index (χ3v) is 5.60. The molecule has 2 heterocycles. The molecule has 0 N–H and O–H groups in total. The van der Waals surface area contributed by atoms with Crippen molar-refractivity contribution in [3.05, 3.63) is 59.9 Å². The molecule has 2 aromatic heterocycles. The lowest BCUT2D eigenvalue weighted by Gasteiger charge is -2.06. The summed E-state index contributed by atoms with van der Waals surface area (Å²) >= 11 is 0. The number of Topliss-reactive ketones (excluding diaryl/α,β-unsaturated/α-hetero) is 1. The Morgan fingerprint density at radius 2 is 1.92 bits per heavy atom. The van der Waals surface area contributed by atoms with Crippen molar-refractivity contribution in [3.63, 3.8) is 0 Å². The highest BCUT2D eigenvalue weighted by atomic mass is 32.2. The Morgan fingerprint density at radius 3 is 2.58 bits per heavy atom. The van der Waals surface area contributed by atoms with Gasteiger partial charge >= 0.3 is 0 Å². The van der Waals surface area contributed by atoms with E-state index in [4.69, 9.17) is 0 Å². The molecule has 0 unspecified atom stereocenters. The van der Waals surface area contributed by atoms with Crippen molar-refractivity contribution < 1.29 is 13.2 Å². The first-order valence-corrected chi connectivity index (χ1v) is 9.71. The van der Waals surface area contributed by atoms with Gasteiger partial charge in [0.05, 0.1) is 4.90 Å². The van der Waals surface area contributed by atoms with Gasteiger partial charge in [-0.05, 0) is 31.5 Å². The molecule has 3 rings (SSSR count). The van der Waals surface area contributed by atoms with Crippen molar-refractivity contribution in [2.45, 2.75) is 31.6 Å². The lowest BCUT2D eigenvalue weighted by molar-refractivity contribution is 0.101. The van der Waals surface area contributed by atoms with E-state index in [9.17, 15) is 13.2 Å². The average Bonchev–Trinajstić information content (AvgIpc) is 3.04. The maximum atomic E-state index is 13.0.